The Morgan fingerprint density at radius 3 is 1.40 bits per heavy atom. The van der Waals surface area contributed by atoms with E-state index in [9.17, 15) is 26.4 Å². The Morgan fingerprint density at radius 2 is 1.09 bits per heavy atom. The Kier molecular flexibility index (Phi) is 24.8. The Balaban J connectivity index is 0.000000437. The minimum absolute atomic E-state index is 0.00849. The van der Waals surface area contributed by atoms with Crippen molar-refractivity contribution in [3.63, 3.8) is 0 Å². The van der Waals surface area contributed by atoms with Crippen molar-refractivity contribution in [2.75, 3.05) is 38.0 Å². The smallest absolute Gasteiger partial charge is 0.309 e. The molecule has 0 fully saturated rings. The third-order valence-corrected chi connectivity index (χ3v) is 13.3. The molecule has 0 unspecified atom stereocenters. The number of ether oxygens (including phenoxy) is 2. The van der Waals surface area contributed by atoms with Crippen LogP contribution in [0.3, 0.4) is 0 Å². The molecule has 0 saturated carbocycles. The van der Waals surface area contributed by atoms with E-state index >= 15 is 0 Å². The fourth-order valence-electron chi connectivity index (χ4n) is 5.25. The zero-order valence-electron chi connectivity index (χ0n) is 35.2. The molecule has 0 aliphatic carbocycles. The van der Waals surface area contributed by atoms with Gasteiger partial charge in [0.2, 0.25) is 9.05 Å². The number of benzene rings is 2. The summed E-state index contributed by atoms with van der Waals surface area (Å²) in [6.45, 7) is 15.5. The van der Waals surface area contributed by atoms with E-state index < -0.39 is 18.9 Å². The lowest BCUT2D eigenvalue weighted by atomic mass is 10.1. The van der Waals surface area contributed by atoms with Crippen molar-refractivity contribution < 1.29 is 35.9 Å². The largest absolute Gasteiger partial charge is 0.469 e. The Bertz CT molecular complexity index is 1990. The molecule has 0 bridgehead atoms. The highest BCUT2D eigenvalue weighted by Gasteiger charge is 2.13. The van der Waals surface area contributed by atoms with Gasteiger partial charge in [0.1, 0.15) is 10.8 Å². The molecule has 12 nitrogen and oxygen atoms in total. The van der Waals surface area contributed by atoms with Crippen molar-refractivity contribution in [3.05, 3.63) is 97.9 Å². The number of anilines is 1. The SMILES string of the molecule is CCN(C(C)C)C(C)C.CCS(=O)(=O)Cc1nc(CCc2ccc(CC(=O)OC)cc2)cs1.CCS(=O)(=O)Cl.COC(=O)Cc1ccc(CCc2csc(N)n2)cc1. The van der Waals surface area contributed by atoms with Crippen LogP contribution in [0, 0.1) is 0 Å². The van der Waals surface area contributed by atoms with Crippen molar-refractivity contribution >= 4 is 69.3 Å². The van der Waals surface area contributed by atoms with Crippen molar-refractivity contribution in [2.24, 2.45) is 0 Å². The van der Waals surface area contributed by atoms with Crippen LogP contribution >= 0.6 is 33.4 Å². The summed E-state index contributed by atoms with van der Waals surface area (Å²) in [7, 11) is 1.25. The number of carbonyl (C=O) groups is 2. The summed E-state index contributed by atoms with van der Waals surface area (Å²) in [4.78, 5) is 33.5. The number of nitrogen functional groups attached to an aromatic ring is 1. The predicted molar refractivity (Wildman–Crippen MR) is 239 cm³/mol. The van der Waals surface area contributed by atoms with E-state index in [1.165, 1.54) is 49.4 Å². The number of aromatic nitrogens is 2. The van der Waals surface area contributed by atoms with Gasteiger partial charge in [0.05, 0.1) is 44.2 Å². The highest BCUT2D eigenvalue weighted by atomic mass is 35.7. The molecular weight excluding hydrogens is 840 g/mol. The molecule has 2 N–H and O–H groups in total. The first-order valence-corrected chi connectivity index (χ1v) is 25.1. The van der Waals surface area contributed by atoms with Crippen LogP contribution < -0.4 is 5.73 Å². The molecular formula is C41H61ClN4O8S4. The van der Waals surface area contributed by atoms with Crippen molar-refractivity contribution in [1.29, 1.82) is 0 Å². The number of hydrogen-bond donors (Lipinski definition) is 1. The number of rotatable bonds is 17. The predicted octanol–water partition coefficient (Wildman–Crippen LogP) is 7.50. The van der Waals surface area contributed by atoms with Crippen LogP contribution in [0.25, 0.3) is 0 Å². The summed E-state index contributed by atoms with van der Waals surface area (Å²) < 4.78 is 52.1. The second kappa shape index (κ2) is 27.4. The van der Waals surface area contributed by atoms with Crippen LogP contribution in [-0.4, -0.2) is 88.0 Å². The Morgan fingerprint density at radius 1 is 0.690 bits per heavy atom. The number of nitrogens with zero attached hydrogens (tertiary/aromatic N) is 3. The molecule has 0 aliphatic heterocycles. The number of aryl methyl sites for hydroxylation is 4. The molecule has 0 radical (unpaired) electrons. The van der Waals surface area contributed by atoms with Crippen LogP contribution in [0.4, 0.5) is 5.13 Å². The van der Waals surface area contributed by atoms with Crippen molar-refractivity contribution in [1.82, 2.24) is 14.9 Å². The molecule has 0 atom stereocenters. The quantitative estimate of drug-likeness (QED) is 0.0817. The summed E-state index contributed by atoms with van der Waals surface area (Å²) in [6.07, 6.45) is 3.98. The minimum atomic E-state index is -3.19. The maximum Gasteiger partial charge on any atom is 0.309 e. The second-order valence-corrected chi connectivity index (χ2v) is 20.8. The van der Waals surface area contributed by atoms with Crippen LogP contribution in [0.5, 0.6) is 0 Å². The number of hydrogen-bond acceptors (Lipinski definition) is 14. The average molecular weight is 902 g/mol. The highest BCUT2D eigenvalue weighted by Crippen LogP contribution is 2.17. The summed E-state index contributed by atoms with van der Waals surface area (Å²) in [5.74, 6) is -0.296. The topological polar surface area (TPSA) is 176 Å². The molecule has 0 saturated heterocycles. The van der Waals surface area contributed by atoms with Gasteiger partial charge in [-0.1, -0.05) is 69.3 Å². The summed E-state index contributed by atoms with van der Waals surface area (Å²) in [5.41, 5.74) is 11.8. The summed E-state index contributed by atoms with van der Waals surface area (Å²) in [5, 5.41) is 5.18. The number of carbonyl (C=O) groups excluding carboxylic acids is 2. The normalized spacial score (nSPS) is 11.2. The molecule has 2 heterocycles. The molecule has 58 heavy (non-hydrogen) atoms. The number of nitrogens with two attached hydrogens (primary N) is 1. The van der Waals surface area contributed by atoms with Gasteiger partial charge in [0, 0.05) is 39.3 Å². The summed E-state index contributed by atoms with van der Waals surface area (Å²) >= 11 is 2.86. The number of sulfone groups is 1. The monoisotopic (exact) mass is 900 g/mol. The fraction of sp³-hybridized carbons (Fsp3) is 0.512. The molecule has 2 aromatic heterocycles. The highest BCUT2D eigenvalue weighted by molar-refractivity contribution is 8.13. The lowest BCUT2D eigenvalue weighted by molar-refractivity contribution is -0.140. The number of halogens is 1. The van der Waals surface area contributed by atoms with Crippen LogP contribution in [-0.2, 0) is 82.2 Å². The number of esters is 2. The molecule has 2 aromatic carbocycles. The van der Waals surface area contributed by atoms with E-state index in [4.69, 9.17) is 5.73 Å². The second-order valence-electron chi connectivity index (χ2n) is 13.6. The minimum Gasteiger partial charge on any atom is -0.469 e. The van der Waals surface area contributed by atoms with Gasteiger partial charge < -0.3 is 15.2 Å². The molecule has 0 spiro atoms. The summed E-state index contributed by atoms with van der Waals surface area (Å²) in [6, 6.07) is 17.2. The zero-order valence-corrected chi connectivity index (χ0v) is 39.2. The van der Waals surface area contributed by atoms with Crippen molar-refractivity contribution in [3.8, 4) is 0 Å². The van der Waals surface area contributed by atoms with Gasteiger partial charge in [-0.25, -0.2) is 26.8 Å². The van der Waals surface area contributed by atoms with Gasteiger partial charge in [0.15, 0.2) is 15.0 Å². The van der Waals surface area contributed by atoms with E-state index in [1.807, 2.05) is 59.3 Å². The average Bonchev–Trinajstić information content (AvgIpc) is 3.82. The number of thiazole rings is 2. The van der Waals surface area contributed by atoms with E-state index in [0.29, 0.717) is 28.6 Å². The molecule has 0 aliphatic rings. The molecule has 324 valence electrons. The van der Waals surface area contributed by atoms with Gasteiger partial charge in [-0.3, -0.25) is 14.5 Å². The Labute approximate surface area is 358 Å². The van der Waals surface area contributed by atoms with E-state index in [0.717, 1.165) is 60.3 Å². The lowest BCUT2D eigenvalue weighted by Gasteiger charge is -2.28. The molecule has 17 heteroatoms. The lowest BCUT2D eigenvalue weighted by Crippen LogP contribution is -2.36. The standard InChI is InChI=1S/C17H21NO4S2.C14H16N2O2S.C8H19N.C2H5ClO2S/c1-3-24(20,21)12-16-18-15(11-23-16)9-8-13-4-6-14(7-5-13)10-17(19)22-2;1-18-13(17)8-11-4-2-10(3-5-11)6-7-12-9-19-14(15)16-12;1-6-9(7(2)3)8(4)5;1-2-6(3,4)5/h4-7,11H,3,8-10,12H2,1-2H3;2-5,9H,6-8H2,1H3,(H2,15,16);7-8H,6H2,1-5H3;2H2,1H3. The van der Waals surface area contributed by atoms with Crippen LogP contribution in [0.2, 0.25) is 0 Å². The Hall–Kier alpha value is -3.41. The fourth-order valence-corrected chi connectivity index (χ4v) is 7.92. The van der Waals surface area contributed by atoms with E-state index in [2.05, 4.69) is 69.6 Å². The van der Waals surface area contributed by atoms with Gasteiger partial charge in [-0.05, 0) is 82.2 Å². The maximum atomic E-state index is 11.6. The van der Waals surface area contributed by atoms with Crippen molar-refractivity contribution in [2.45, 2.75) is 105 Å². The first kappa shape index (κ1) is 52.6. The van der Waals surface area contributed by atoms with E-state index in [-0.39, 0.29) is 35.6 Å². The molecule has 0 amide bonds. The third kappa shape index (κ3) is 23.2. The zero-order chi connectivity index (χ0) is 43.9. The first-order chi connectivity index (χ1) is 27.2. The van der Waals surface area contributed by atoms with Gasteiger partial charge >= 0.3 is 11.9 Å². The number of methoxy groups -OCH3 is 2. The first-order valence-electron chi connectivity index (χ1n) is 19.0. The van der Waals surface area contributed by atoms with Gasteiger partial charge in [0.25, 0.3) is 0 Å². The van der Waals surface area contributed by atoms with Gasteiger partial charge in [-0.15, -0.1) is 22.7 Å². The van der Waals surface area contributed by atoms with E-state index in [1.54, 1.807) is 6.92 Å². The van der Waals surface area contributed by atoms with Gasteiger partial charge in [-0.2, -0.15) is 0 Å². The molecule has 4 rings (SSSR count). The van der Waals surface area contributed by atoms with Crippen LogP contribution in [0.15, 0.2) is 59.3 Å². The third-order valence-electron chi connectivity index (χ3n) is 8.53. The van der Waals surface area contributed by atoms with Crippen LogP contribution in [0.1, 0.15) is 87.1 Å². The molecule has 4 aromatic rings. The maximum absolute atomic E-state index is 11.6.